The first-order valence-corrected chi connectivity index (χ1v) is 6.20. The lowest BCUT2D eigenvalue weighted by Crippen LogP contribution is -2.21. The van der Waals surface area contributed by atoms with E-state index in [4.69, 9.17) is 0 Å². The third kappa shape index (κ3) is 4.08. The van der Waals surface area contributed by atoms with Gasteiger partial charge in [-0.2, -0.15) is 0 Å². The number of anilines is 1. The minimum atomic E-state index is -0.464. The molecule has 0 aliphatic heterocycles. The summed E-state index contributed by atoms with van der Waals surface area (Å²) in [6, 6.07) is 4.33. The Labute approximate surface area is 118 Å². The number of allylic oxidation sites excluding steroid dienone is 1. The minimum absolute atomic E-state index is 0.0394. The molecule has 0 saturated heterocycles. The summed E-state index contributed by atoms with van der Waals surface area (Å²) < 4.78 is 0. The van der Waals surface area contributed by atoms with E-state index in [0.29, 0.717) is 17.8 Å². The average Bonchev–Trinajstić information content (AvgIpc) is 2.36. The van der Waals surface area contributed by atoms with Crippen molar-refractivity contribution in [1.29, 1.82) is 0 Å². The quantitative estimate of drug-likeness (QED) is 0.510. The topological polar surface area (TPSA) is 75.5 Å². The molecule has 6 nitrogen and oxygen atoms in total. The Morgan fingerprint density at radius 1 is 1.40 bits per heavy atom. The SMILES string of the molecule is CC(C)=CCNc1cc(C(=O)N(C)C)ccc1[N+](=O)[O-]. The van der Waals surface area contributed by atoms with E-state index >= 15 is 0 Å². The summed E-state index contributed by atoms with van der Waals surface area (Å²) in [4.78, 5) is 23.8. The van der Waals surface area contributed by atoms with E-state index in [1.807, 2.05) is 19.9 Å². The first-order valence-electron chi connectivity index (χ1n) is 6.20. The maximum absolute atomic E-state index is 11.9. The highest BCUT2D eigenvalue weighted by molar-refractivity contribution is 5.95. The van der Waals surface area contributed by atoms with Crippen LogP contribution in [0.25, 0.3) is 0 Å². The van der Waals surface area contributed by atoms with Gasteiger partial charge in [-0.3, -0.25) is 14.9 Å². The summed E-state index contributed by atoms with van der Waals surface area (Å²) in [6.07, 6.45) is 1.92. The first-order chi connectivity index (χ1) is 9.32. The zero-order valence-electron chi connectivity index (χ0n) is 12.1. The fourth-order valence-electron chi connectivity index (χ4n) is 1.59. The summed E-state index contributed by atoms with van der Waals surface area (Å²) in [7, 11) is 3.28. The lowest BCUT2D eigenvalue weighted by Gasteiger charge is -2.12. The van der Waals surface area contributed by atoms with Gasteiger partial charge in [-0.15, -0.1) is 0 Å². The van der Waals surface area contributed by atoms with Crippen LogP contribution in [-0.2, 0) is 0 Å². The monoisotopic (exact) mass is 277 g/mol. The van der Waals surface area contributed by atoms with Crippen molar-refractivity contribution in [2.24, 2.45) is 0 Å². The van der Waals surface area contributed by atoms with Crippen molar-refractivity contribution in [2.75, 3.05) is 26.0 Å². The van der Waals surface area contributed by atoms with Crippen molar-refractivity contribution in [1.82, 2.24) is 4.90 Å². The van der Waals surface area contributed by atoms with Gasteiger partial charge in [0.25, 0.3) is 11.6 Å². The molecule has 0 fully saturated rings. The van der Waals surface area contributed by atoms with E-state index in [1.54, 1.807) is 14.1 Å². The van der Waals surface area contributed by atoms with Crippen LogP contribution in [0.4, 0.5) is 11.4 Å². The van der Waals surface area contributed by atoms with Gasteiger partial charge in [0.15, 0.2) is 0 Å². The number of amides is 1. The summed E-state index contributed by atoms with van der Waals surface area (Å²) in [5.41, 5.74) is 1.84. The van der Waals surface area contributed by atoms with Crippen molar-refractivity contribution < 1.29 is 9.72 Å². The molecule has 1 N–H and O–H groups in total. The molecule has 0 atom stereocenters. The number of nitrogens with zero attached hydrogens (tertiary/aromatic N) is 2. The Morgan fingerprint density at radius 3 is 2.55 bits per heavy atom. The van der Waals surface area contributed by atoms with Crippen molar-refractivity contribution in [3.8, 4) is 0 Å². The highest BCUT2D eigenvalue weighted by Crippen LogP contribution is 2.25. The van der Waals surface area contributed by atoms with E-state index in [0.717, 1.165) is 5.57 Å². The van der Waals surface area contributed by atoms with E-state index in [9.17, 15) is 14.9 Å². The third-order valence-corrected chi connectivity index (χ3v) is 2.65. The molecule has 0 heterocycles. The highest BCUT2D eigenvalue weighted by Gasteiger charge is 2.17. The van der Waals surface area contributed by atoms with Crippen LogP contribution in [0.1, 0.15) is 24.2 Å². The predicted octanol–water partition coefficient (Wildman–Crippen LogP) is 2.67. The van der Waals surface area contributed by atoms with Gasteiger partial charge < -0.3 is 10.2 Å². The fourth-order valence-corrected chi connectivity index (χ4v) is 1.59. The molecule has 108 valence electrons. The van der Waals surface area contributed by atoms with Crippen LogP contribution in [0.5, 0.6) is 0 Å². The van der Waals surface area contributed by atoms with Crippen molar-refractivity contribution in [2.45, 2.75) is 13.8 Å². The normalized spacial score (nSPS) is 9.80. The fraction of sp³-hybridized carbons (Fsp3) is 0.357. The van der Waals surface area contributed by atoms with Gasteiger partial charge in [0.2, 0.25) is 0 Å². The molecule has 1 aromatic carbocycles. The molecule has 0 aromatic heterocycles. The Hall–Kier alpha value is -2.37. The van der Waals surface area contributed by atoms with E-state index in [-0.39, 0.29) is 11.6 Å². The zero-order chi connectivity index (χ0) is 15.3. The lowest BCUT2D eigenvalue weighted by atomic mass is 10.1. The van der Waals surface area contributed by atoms with Crippen molar-refractivity contribution in [3.05, 3.63) is 45.5 Å². The molecule has 0 saturated carbocycles. The predicted molar refractivity (Wildman–Crippen MR) is 79.0 cm³/mol. The number of carbonyl (C=O) groups excluding carboxylic acids is 1. The lowest BCUT2D eigenvalue weighted by molar-refractivity contribution is -0.384. The standard InChI is InChI=1S/C14H19N3O3/c1-10(2)7-8-15-12-9-11(14(18)16(3)4)5-6-13(12)17(19)20/h5-7,9,15H,8H2,1-4H3. The van der Waals surface area contributed by atoms with Crippen LogP contribution < -0.4 is 5.32 Å². The van der Waals surface area contributed by atoms with Crippen LogP contribution in [0, 0.1) is 10.1 Å². The van der Waals surface area contributed by atoms with E-state index < -0.39 is 4.92 Å². The van der Waals surface area contributed by atoms with Crippen LogP contribution in [0.15, 0.2) is 29.8 Å². The number of carbonyl (C=O) groups is 1. The molecule has 0 unspecified atom stereocenters. The van der Waals surface area contributed by atoms with E-state index in [2.05, 4.69) is 5.32 Å². The molecule has 0 spiro atoms. The number of benzene rings is 1. The van der Waals surface area contributed by atoms with Crippen LogP contribution in [0.2, 0.25) is 0 Å². The zero-order valence-corrected chi connectivity index (χ0v) is 12.1. The maximum Gasteiger partial charge on any atom is 0.292 e. The number of nitro groups is 1. The number of hydrogen-bond acceptors (Lipinski definition) is 4. The van der Waals surface area contributed by atoms with Gasteiger partial charge >= 0.3 is 0 Å². The maximum atomic E-state index is 11.9. The molecule has 20 heavy (non-hydrogen) atoms. The summed E-state index contributed by atoms with van der Waals surface area (Å²) >= 11 is 0. The number of nitrogens with one attached hydrogen (secondary N) is 1. The number of rotatable bonds is 5. The largest absolute Gasteiger partial charge is 0.376 e. The van der Waals surface area contributed by atoms with Crippen LogP contribution >= 0.6 is 0 Å². The molecule has 0 radical (unpaired) electrons. The van der Waals surface area contributed by atoms with Gasteiger partial charge in [-0.05, 0) is 26.0 Å². The van der Waals surface area contributed by atoms with Gasteiger partial charge in [0.05, 0.1) is 4.92 Å². The first kappa shape index (κ1) is 15.7. The Kier molecular flexibility index (Phi) is 5.25. The molecule has 1 rings (SSSR count). The van der Waals surface area contributed by atoms with E-state index in [1.165, 1.54) is 23.1 Å². The van der Waals surface area contributed by atoms with Gasteiger partial charge in [-0.1, -0.05) is 11.6 Å². The summed E-state index contributed by atoms with van der Waals surface area (Å²) in [5, 5.41) is 14.0. The minimum Gasteiger partial charge on any atom is -0.376 e. The molecule has 0 bridgehead atoms. The van der Waals surface area contributed by atoms with Crippen LogP contribution in [-0.4, -0.2) is 36.4 Å². The van der Waals surface area contributed by atoms with Gasteiger partial charge in [0, 0.05) is 32.3 Å². The Morgan fingerprint density at radius 2 is 2.05 bits per heavy atom. The van der Waals surface area contributed by atoms with Crippen molar-refractivity contribution in [3.63, 3.8) is 0 Å². The van der Waals surface area contributed by atoms with Gasteiger partial charge in [0.1, 0.15) is 5.69 Å². The molecular weight excluding hydrogens is 258 g/mol. The number of nitro benzene ring substituents is 1. The highest BCUT2D eigenvalue weighted by atomic mass is 16.6. The molecule has 0 aliphatic rings. The Balaban J connectivity index is 3.09. The molecular formula is C14H19N3O3. The van der Waals surface area contributed by atoms with Crippen LogP contribution in [0.3, 0.4) is 0 Å². The molecule has 1 aromatic rings. The smallest absolute Gasteiger partial charge is 0.292 e. The second-order valence-corrected chi connectivity index (χ2v) is 4.85. The second-order valence-electron chi connectivity index (χ2n) is 4.85. The second kappa shape index (κ2) is 6.70. The summed E-state index contributed by atoms with van der Waals surface area (Å²) in [5.74, 6) is -0.190. The van der Waals surface area contributed by atoms with Crippen molar-refractivity contribution >= 4 is 17.3 Å². The third-order valence-electron chi connectivity index (χ3n) is 2.65. The summed E-state index contributed by atoms with van der Waals surface area (Å²) in [6.45, 7) is 4.37. The Bertz CT molecular complexity index is 547. The molecule has 6 heteroatoms. The molecule has 0 aliphatic carbocycles. The average molecular weight is 277 g/mol. The number of hydrogen-bond donors (Lipinski definition) is 1. The molecule has 1 amide bonds. The van der Waals surface area contributed by atoms with Gasteiger partial charge in [-0.25, -0.2) is 0 Å².